The minimum Gasteiger partial charge on any atom is -0.393 e. The molecule has 0 radical (unpaired) electrons. The topological polar surface area (TPSA) is 61.3 Å². The molecule has 1 aliphatic heterocycles. The minimum absolute atomic E-state index is 0.188. The average molecular weight is 292 g/mol. The molecule has 5 nitrogen and oxygen atoms in total. The molecular formula is C16H28N4O. The summed E-state index contributed by atoms with van der Waals surface area (Å²) in [6.45, 7) is 9.84. The molecule has 21 heavy (non-hydrogen) atoms. The molecule has 118 valence electrons. The summed E-state index contributed by atoms with van der Waals surface area (Å²) in [6.07, 6.45) is 3.02. The van der Waals surface area contributed by atoms with Crippen molar-refractivity contribution in [3.63, 3.8) is 0 Å². The Hall–Kier alpha value is -1.20. The van der Waals surface area contributed by atoms with E-state index in [2.05, 4.69) is 27.1 Å². The van der Waals surface area contributed by atoms with Gasteiger partial charge >= 0.3 is 0 Å². The molecule has 1 aromatic rings. The molecule has 0 saturated carbocycles. The summed E-state index contributed by atoms with van der Waals surface area (Å²) < 4.78 is 0. The van der Waals surface area contributed by atoms with E-state index in [0.717, 1.165) is 62.8 Å². The first kappa shape index (κ1) is 16.2. The predicted octanol–water partition coefficient (Wildman–Crippen LogP) is 2.20. The van der Waals surface area contributed by atoms with Crippen LogP contribution in [0.4, 0.5) is 5.82 Å². The molecule has 1 saturated heterocycles. The van der Waals surface area contributed by atoms with Gasteiger partial charge in [0.1, 0.15) is 11.6 Å². The van der Waals surface area contributed by atoms with Gasteiger partial charge < -0.3 is 10.4 Å². The molecule has 1 fully saturated rings. The molecule has 1 unspecified atom stereocenters. The van der Waals surface area contributed by atoms with Crippen molar-refractivity contribution in [2.75, 3.05) is 25.0 Å². The Morgan fingerprint density at radius 3 is 2.71 bits per heavy atom. The lowest BCUT2D eigenvalue weighted by Gasteiger charge is -2.32. The number of piperidine rings is 1. The van der Waals surface area contributed by atoms with E-state index in [1.807, 2.05) is 19.9 Å². The summed E-state index contributed by atoms with van der Waals surface area (Å²) >= 11 is 0. The zero-order valence-corrected chi connectivity index (χ0v) is 13.5. The predicted molar refractivity (Wildman–Crippen MR) is 85.2 cm³/mol. The van der Waals surface area contributed by atoms with E-state index in [-0.39, 0.29) is 6.10 Å². The van der Waals surface area contributed by atoms with Gasteiger partial charge in [-0.25, -0.2) is 9.97 Å². The number of nitrogens with zero attached hydrogens (tertiary/aromatic N) is 3. The third kappa shape index (κ3) is 4.93. The highest BCUT2D eigenvalue weighted by atomic mass is 16.3. The second kappa shape index (κ2) is 7.71. The van der Waals surface area contributed by atoms with Gasteiger partial charge in [0.2, 0.25) is 0 Å². The van der Waals surface area contributed by atoms with Crippen molar-refractivity contribution in [2.45, 2.75) is 52.7 Å². The summed E-state index contributed by atoms with van der Waals surface area (Å²) in [5, 5.41) is 13.0. The SMILES string of the molecule is CCCNc1cc(C)nc(CN2CCC(C(C)O)CC2)n1. The van der Waals surface area contributed by atoms with Crippen molar-refractivity contribution < 1.29 is 5.11 Å². The van der Waals surface area contributed by atoms with Gasteiger partial charge in [0, 0.05) is 18.3 Å². The Labute approximate surface area is 127 Å². The Balaban J connectivity index is 1.92. The molecule has 1 aromatic heterocycles. The maximum absolute atomic E-state index is 9.66. The Kier molecular flexibility index (Phi) is 5.94. The summed E-state index contributed by atoms with van der Waals surface area (Å²) in [5.41, 5.74) is 1.01. The van der Waals surface area contributed by atoms with E-state index in [9.17, 15) is 5.11 Å². The van der Waals surface area contributed by atoms with Crippen LogP contribution in [-0.2, 0) is 6.54 Å². The number of aromatic nitrogens is 2. The number of aliphatic hydroxyl groups is 1. The average Bonchev–Trinajstić information content (AvgIpc) is 2.45. The zero-order chi connectivity index (χ0) is 15.2. The summed E-state index contributed by atoms with van der Waals surface area (Å²) in [5.74, 6) is 2.27. The summed E-state index contributed by atoms with van der Waals surface area (Å²) in [6, 6.07) is 2.00. The zero-order valence-electron chi connectivity index (χ0n) is 13.5. The molecule has 0 spiro atoms. The fraction of sp³-hybridized carbons (Fsp3) is 0.750. The van der Waals surface area contributed by atoms with Crippen LogP contribution in [0.3, 0.4) is 0 Å². The standard InChI is InChI=1S/C16H28N4O/c1-4-7-17-15-10-12(2)18-16(19-15)11-20-8-5-14(6-9-20)13(3)21/h10,13-14,21H,4-9,11H2,1-3H3,(H,17,18,19). The Morgan fingerprint density at radius 2 is 2.10 bits per heavy atom. The molecule has 2 rings (SSSR count). The maximum atomic E-state index is 9.66. The van der Waals surface area contributed by atoms with Gasteiger partial charge in [-0.2, -0.15) is 0 Å². The van der Waals surface area contributed by atoms with E-state index in [1.165, 1.54) is 0 Å². The highest BCUT2D eigenvalue weighted by Crippen LogP contribution is 2.21. The van der Waals surface area contributed by atoms with Crippen LogP contribution in [-0.4, -0.2) is 45.7 Å². The molecule has 0 bridgehead atoms. The van der Waals surface area contributed by atoms with E-state index < -0.39 is 0 Å². The van der Waals surface area contributed by atoms with Crippen LogP contribution < -0.4 is 5.32 Å². The molecule has 1 atom stereocenters. The molecule has 2 N–H and O–H groups in total. The van der Waals surface area contributed by atoms with Gasteiger partial charge in [-0.3, -0.25) is 4.90 Å². The van der Waals surface area contributed by atoms with E-state index in [1.54, 1.807) is 0 Å². The second-order valence-corrected chi connectivity index (χ2v) is 6.09. The number of nitrogens with one attached hydrogen (secondary N) is 1. The Bertz CT molecular complexity index is 442. The number of hydrogen-bond donors (Lipinski definition) is 2. The van der Waals surface area contributed by atoms with Crippen LogP contribution in [0.1, 0.15) is 44.6 Å². The first-order valence-corrected chi connectivity index (χ1v) is 8.07. The fourth-order valence-corrected chi connectivity index (χ4v) is 2.84. The van der Waals surface area contributed by atoms with Gasteiger partial charge in [0.15, 0.2) is 0 Å². The normalized spacial score (nSPS) is 18.7. The molecule has 2 heterocycles. The third-order valence-corrected chi connectivity index (χ3v) is 4.14. The number of anilines is 1. The summed E-state index contributed by atoms with van der Waals surface area (Å²) in [4.78, 5) is 11.5. The fourth-order valence-electron chi connectivity index (χ4n) is 2.84. The van der Waals surface area contributed by atoms with Gasteiger partial charge in [0.05, 0.1) is 12.6 Å². The van der Waals surface area contributed by atoms with Crippen LogP contribution >= 0.6 is 0 Å². The number of rotatable bonds is 6. The minimum atomic E-state index is -0.188. The number of aliphatic hydroxyl groups excluding tert-OH is 1. The molecule has 0 amide bonds. The maximum Gasteiger partial charge on any atom is 0.144 e. The quantitative estimate of drug-likeness (QED) is 0.841. The van der Waals surface area contributed by atoms with Crippen LogP contribution in [0.5, 0.6) is 0 Å². The van der Waals surface area contributed by atoms with Crippen LogP contribution in [0, 0.1) is 12.8 Å². The van der Waals surface area contributed by atoms with Crippen LogP contribution in [0.25, 0.3) is 0 Å². The van der Waals surface area contributed by atoms with Crippen molar-refractivity contribution in [3.05, 3.63) is 17.6 Å². The third-order valence-electron chi connectivity index (χ3n) is 4.14. The molecule has 0 aliphatic carbocycles. The monoisotopic (exact) mass is 292 g/mol. The number of likely N-dealkylation sites (tertiary alicyclic amines) is 1. The van der Waals surface area contributed by atoms with E-state index in [0.29, 0.717) is 5.92 Å². The van der Waals surface area contributed by atoms with Crippen LogP contribution in [0.15, 0.2) is 6.07 Å². The van der Waals surface area contributed by atoms with E-state index >= 15 is 0 Å². The lowest BCUT2D eigenvalue weighted by Crippen LogP contribution is -2.37. The largest absolute Gasteiger partial charge is 0.393 e. The highest BCUT2D eigenvalue weighted by molar-refractivity contribution is 5.35. The number of aryl methyl sites for hydroxylation is 1. The molecule has 1 aliphatic rings. The van der Waals surface area contributed by atoms with Crippen LogP contribution in [0.2, 0.25) is 0 Å². The Morgan fingerprint density at radius 1 is 1.38 bits per heavy atom. The van der Waals surface area contributed by atoms with Crippen molar-refractivity contribution in [1.29, 1.82) is 0 Å². The molecular weight excluding hydrogens is 264 g/mol. The van der Waals surface area contributed by atoms with E-state index in [4.69, 9.17) is 0 Å². The second-order valence-electron chi connectivity index (χ2n) is 6.09. The van der Waals surface area contributed by atoms with Crippen molar-refractivity contribution in [3.8, 4) is 0 Å². The van der Waals surface area contributed by atoms with Gasteiger partial charge in [-0.15, -0.1) is 0 Å². The smallest absolute Gasteiger partial charge is 0.144 e. The summed E-state index contributed by atoms with van der Waals surface area (Å²) in [7, 11) is 0. The molecule has 0 aromatic carbocycles. The first-order valence-electron chi connectivity index (χ1n) is 8.07. The lowest BCUT2D eigenvalue weighted by molar-refractivity contribution is 0.0687. The lowest BCUT2D eigenvalue weighted by atomic mass is 9.92. The highest BCUT2D eigenvalue weighted by Gasteiger charge is 2.23. The first-order chi connectivity index (χ1) is 10.1. The van der Waals surface area contributed by atoms with Gasteiger partial charge in [-0.1, -0.05) is 6.92 Å². The molecule has 5 heteroatoms. The van der Waals surface area contributed by atoms with Gasteiger partial charge in [0.25, 0.3) is 0 Å². The van der Waals surface area contributed by atoms with Gasteiger partial charge in [-0.05, 0) is 52.1 Å². The van der Waals surface area contributed by atoms with Crippen molar-refractivity contribution >= 4 is 5.82 Å². The van der Waals surface area contributed by atoms with Crippen molar-refractivity contribution in [1.82, 2.24) is 14.9 Å². The van der Waals surface area contributed by atoms with Crippen molar-refractivity contribution in [2.24, 2.45) is 5.92 Å². The number of hydrogen-bond acceptors (Lipinski definition) is 5.